The summed E-state index contributed by atoms with van der Waals surface area (Å²) in [5, 5.41) is 3.50. The Morgan fingerprint density at radius 1 is 1.04 bits per heavy atom. The molecule has 0 saturated carbocycles. The minimum Gasteiger partial charge on any atom is -0.497 e. The summed E-state index contributed by atoms with van der Waals surface area (Å²) in [6.07, 6.45) is 2.10. The maximum Gasteiger partial charge on any atom is 0.193 e. The summed E-state index contributed by atoms with van der Waals surface area (Å²) in [5.74, 6) is 3.32. The standard InChI is InChI=1S/C22H29N3O2.HI/c1-23-22(24-14-12-17-4-8-20(26-2)9-5-17)25-15-13-19(16-25)18-6-10-21(27-3)11-7-18;/h4-11,19H,12-16H2,1-3H3,(H,23,24);1H. The van der Waals surface area contributed by atoms with Gasteiger partial charge in [0.15, 0.2) is 5.96 Å². The van der Waals surface area contributed by atoms with Gasteiger partial charge in [-0.2, -0.15) is 0 Å². The summed E-state index contributed by atoms with van der Waals surface area (Å²) in [7, 11) is 5.25. The SMILES string of the molecule is CN=C(NCCc1ccc(OC)cc1)N1CCC(c2ccc(OC)cc2)C1.I. The van der Waals surface area contributed by atoms with Crippen molar-refractivity contribution in [3.63, 3.8) is 0 Å². The van der Waals surface area contributed by atoms with E-state index in [0.29, 0.717) is 5.92 Å². The minimum atomic E-state index is 0. The maximum atomic E-state index is 5.26. The highest BCUT2D eigenvalue weighted by molar-refractivity contribution is 14.0. The Hall–Kier alpha value is -1.96. The lowest BCUT2D eigenvalue weighted by molar-refractivity contribution is 0.414. The number of ether oxygens (including phenoxy) is 2. The molecule has 0 bridgehead atoms. The lowest BCUT2D eigenvalue weighted by Crippen LogP contribution is -2.40. The summed E-state index contributed by atoms with van der Waals surface area (Å²) < 4.78 is 10.5. The Kier molecular flexibility index (Phi) is 8.89. The summed E-state index contributed by atoms with van der Waals surface area (Å²) in [4.78, 5) is 6.83. The zero-order valence-electron chi connectivity index (χ0n) is 16.9. The van der Waals surface area contributed by atoms with E-state index >= 15 is 0 Å². The van der Waals surface area contributed by atoms with Gasteiger partial charge in [0.25, 0.3) is 0 Å². The van der Waals surface area contributed by atoms with Crippen molar-refractivity contribution >= 4 is 29.9 Å². The normalized spacial score (nSPS) is 16.5. The van der Waals surface area contributed by atoms with Gasteiger partial charge >= 0.3 is 0 Å². The van der Waals surface area contributed by atoms with Gasteiger partial charge in [-0.05, 0) is 48.2 Å². The molecule has 0 spiro atoms. The Bertz CT molecular complexity index is 747. The number of nitrogens with zero attached hydrogens (tertiary/aromatic N) is 2. The van der Waals surface area contributed by atoms with Crippen molar-refractivity contribution < 1.29 is 9.47 Å². The molecule has 1 saturated heterocycles. The van der Waals surface area contributed by atoms with Crippen LogP contribution in [0.25, 0.3) is 0 Å². The molecule has 2 aromatic rings. The van der Waals surface area contributed by atoms with Gasteiger partial charge in [0.1, 0.15) is 11.5 Å². The van der Waals surface area contributed by atoms with Gasteiger partial charge in [-0.1, -0.05) is 24.3 Å². The summed E-state index contributed by atoms with van der Waals surface area (Å²) in [5.41, 5.74) is 2.66. The predicted octanol–water partition coefficient (Wildman–Crippen LogP) is 3.93. The molecule has 1 fully saturated rings. The number of halogens is 1. The number of likely N-dealkylation sites (tertiary alicyclic amines) is 1. The van der Waals surface area contributed by atoms with Gasteiger partial charge in [0.2, 0.25) is 0 Å². The average Bonchev–Trinajstić information content (AvgIpc) is 3.21. The molecule has 5 nitrogen and oxygen atoms in total. The van der Waals surface area contributed by atoms with Crippen LogP contribution in [0.5, 0.6) is 11.5 Å². The molecule has 0 aromatic heterocycles. The van der Waals surface area contributed by atoms with E-state index in [1.807, 2.05) is 31.3 Å². The molecular weight excluding hydrogens is 465 g/mol. The first-order valence-corrected chi connectivity index (χ1v) is 9.46. The highest BCUT2D eigenvalue weighted by Gasteiger charge is 2.25. The van der Waals surface area contributed by atoms with E-state index in [1.165, 1.54) is 11.1 Å². The van der Waals surface area contributed by atoms with Gasteiger partial charge in [-0.3, -0.25) is 4.99 Å². The molecule has 3 rings (SSSR count). The van der Waals surface area contributed by atoms with Crippen LogP contribution in [0, 0.1) is 0 Å². The van der Waals surface area contributed by atoms with Crippen molar-refractivity contribution in [2.24, 2.45) is 4.99 Å². The van der Waals surface area contributed by atoms with Crippen LogP contribution in [-0.4, -0.2) is 51.8 Å². The van der Waals surface area contributed by atoms with Crippen molar-refractivity contribution in [2.45, 2.75) is 18.8 Å². The monoisotopic (exact) mass is 495 g/mol. The molecule has 1 aliphatic heterocycles. The van der Waals surface area contributed by atoms with Crippen molar-refractivity contribution in [1.82, 2.24) is 10.2 Å². The quantitative estimate of drug-likeness (QED) is 0.375. The van der Waals surface area contributed by atoms with Gasteiger partial charge < -0.3 is 19.7 Å². The molecule has 1 aliphatic rings. The number of guanidine groups is 1. The third-order valence-corrected chi connectivity index (χ3v) is 5.14. The van der Waals surface area contributed by atoms with Crippen LogP contribution in [0.1, 0.15) is 23.5 Å². The van der Waals surface area contributed by atoms with E-state index in [9.17, 15) is 0 Å². The second kappa shape index (κ2) is 11.1. The Labute approximate surface area is 185 Å². The van der Waals surface area contributed by atoms with Gasteiger partial charge in [0.05, 0.1) is 14.2 Å². The first-order valence-electron chi connectivity index (χ1n) is 9.46. The molecule has 0 amide bonds. The summed E-state index contributed by atoms with van der Waals surface area (Å²) >= 11 is 0. The number of aliphatic imine (C=N–C) groups is 1. The van der Waals surface area contributed by atoms with E-state index in [1.54, 1.807) is 14.2 Å². The first-order chi connectivity index (χ1) is 13.2. The van der Waals surface area contributed by atoms with Gasteiger partial charge in [-0.15, -0.1) is 24.0 Å². The molecule has 0 radical (unpaired) electrons. The third kappa shape index (κ3) is 5.77. The number of hydrogen-bond donors (Lipinski definition) is 1. The zero-order valence-corrected chi connectivity index (χ0v) is 19.2. The van der Waals surface area contributed by atoms with Crippen LogP contribution in [0.2, 0.25) is 0 Å². The second-order valence-electron chi connectivity index (χ2n) is 6.78. The fourth-order valence-electron chi connectivity index (χ4n) is 3.54. The van der Waals surface area contributed by atoms with Gasteiger partial charge in [0, 0.05) is 32.6 Å². The lowest BCUT2D eigenvalue weighted by atomic mass is 9.98. The molecule has 2 aromatic carbocycles. The average molecular weight is 495 g/mol. The van der Waals surface area contributed by atoms with Crippen molar-refractivity contribution in [2.75, 3.05) is 40.9 Å². The number of methoxy groups -OCH3 is 2. The number of hydrogen-bond acceptors (Lipinski definition) is 3. The van der Waals surface area contributed by atoms with Crippen LogP contribution in [0.3, 0.4) is 0 Å². The van der Waals surface area contributed by atoms with E-state index in [0.717, 1.165) is 49.9 Å². The molecule has 1 heterocycles. The van der Waals surface area contributed by atoms with E-state index in [-0.39, 0.29) is 24.0 Å². The number of rotatable bonds is 6. The van der Waals surface area contributed by atoms with Crippen LogP contribution >= 0.6 is 24.0 Å². The van der Waals surface area contributed by atoms with Crippen LogP contribution in [0.15, 0.2) is 53.5 Å². The smallest absolute Gasteiger partial charge is 0.193 e. The van der Waals surface area contributed by atoms with Gasteiger partial charge in [-0.25, -0.2) is 0 Å². The zero-order chi connectivity index (χ0) is 19.1. The molecule has 1 atom stereocenters. The van der Waals surface area contributed by atoms with Crippen molar-refractivity contribution in [3.05, 3.63) is 59.7 Å². The Morgan fingerprint density at radius 2 is 1.64 bits per heavy atom. The lowest BCUT2D eigenvalue weighted by Gasteiger charge is -2.22. The topological polar surface area (TPSA) is 46.1 Å². The second-order valence-corrected chi connectivity index (χ2v) is 6.78. The van der Waals surface area contributed by atoms with E-state index in [4.69, 9.17) is 9.47 Å². The predicted molar refractivity (Wildman–Crippen MR) is 125 cm³/mol. The molecule has 0 aliphatic carbocycles. The Balaban J connectivity index is 0.00000280. The molecule has 6 heteroatoms. The fourth-order valence-corrected chi connectivity index (χ4v) is 3.54. The molecular formula is C22H30IN3O2. The van der Waals surface area contributed by atoms with Crippen molar-refractivity contribution in [1.29, 1.82) is 0 Å². The summed E-state index contributed by atoms with van der Waals surface area (Å²) in [6, 6.07) is 16.7. The van der Waals surface area contributed by atoms with Crippen molar-refractivity contribution in [3.8, 4) is 11.5 Å². The highest BCUT2D eigenvalue weighted by atomic mass is 127. The minimum absolute atomic E-state index is 0. The van der Waals surface area contributed by atoms with Crippen LogP contribution < -0.4 is 14.8 Å². The van der Waals surface area contributed by atoms with Crippen LogP contribution in [0.4, 0.5) is 0 Å². The Morgan fingerprint density at radius 3 is 2.21 bits per heavy atom. The van der Waals surface area contributed by atoms with Crippen LogP contribution in [-0.2, 0) is 6.42 Å². The number of benzene rings is 2. The molecule has 28 heavy (non-hydrogen) atoms. The molecule has 1 N–H and O–H groups in total. The summed E-state index contributed by atoms with van der Waals surface area (Å²) in [6.45, 7) is 2.89. The first kappa shape index (κ1) is 22.3. The van der Waals surface area contributed by atoms with E-state index < -0.39 is 0 Å². The van der Waals surface area contributed by atoms with E-state index in [2.05, 4.69) is 39.5 Å². The number of nitrogens with one attached hydrogen (secondary N) is 1. The molecule has 1 unspecified atom stereocenters. The maximum absolute atomic E-state index is 5.26. The third-order valence-electron chi connectivity index (χ3n) is 5.14. The largest absolute Gasteiger partial charge is 0.497 e. The highest BCUT2D eigenvalue weighted by Crippen LogP contribution is 2.28. The fraction of sp³-hybridized carbons (Fsp3) is 0.409. The molecule has 152 valence electrons.